The zero-order valence-electron chi connectivity index (χ0n) is 76.6. The van der Waals surface area contributed by atoms with Gasteiger partial charge in [0, 0.05) is 65.3 Å². The Balaban J connectivity index is 0.802. The molecule has 22 rings (SSSR count). The van der Waals surface area contributed by atoms with Gasteiger partial charge in [0.1, 0.15) is 0 Å². The normalized spacial score (nSPS) is 12.3. The van der Waals surface area contributed by atoms with Crippen molar-refractivity contribution in [1.82, 2.24) is 18.3 Å². The average molecular weight is 1860 g/mol. The quantitative estimate of drug-likeness (QED) is 0.108. The highest BCUT2D eigenvalue weighted by Crippen LogP contribution is 2.52. The third-order valence-corrected chi connectivity index (χ3v) is 27.3. The first-order valence-electron chi connectivity index (χ1n) is 45.6. The topological polar surface area (TPSA) is 67.3 Å². The molecule has 4 heterocycles. The predicted molar refractivity (Wildman–Crippen MR) is 540 cm³/mol. The van der Waals surface area contributed by atoms with Crippen molar-refractivity contribution in [2.75, 3.05) is 0 Å². The van der Waals surface area contributed by atoms with Gasteiger partial charge in [-0.05, 0) is 302 Å². The van der Waals surface area contributed by atoms with Crippen LogP contribution >= 0.6 is 0 Å². The Bertz CT molecular complexity index is 9030. The van der Waals surface area contributed by atoms with Gasteiger partial charge in [0.05, 0.1) is 112 Å². The molecule has 0 aliphatic carbocycles. The molecule has 682 valence electrons. The molecule has 0 saturated heterocycles. The number of rotatable bonds is 13. The number of halogens is 12. The van der Waals surface area contributed by atoms with Crippen molar-refractivity contribution in [3.8, 4) is 135 Å². The lowest BCUT2D eigenvalue weighted by Crippen LogP contribution is -2.11. The minimum atomic E-state index is -5.20. The monoisotopic (exact) mass is 1860 g/mol. The molecule has 0 bridgehead atoms. The van der Waals surface area contributed by atoms with Crippen LogP contribution in [0.3, 0.4) is 0 Å². The highest BCUT2D eigenvalue weighted by atomic mass is 19.4. The summed E-state index contributed by atoms with van der Waals surface area (Å²) in [6, 6.07) is 106. The van der Waals surface area contributed by atoms with Crippen LogP contribution in [0.5, 0.6) is 0 Å². The summed E-state index contributed by atoms with van der Waals surface area (Å²) < 4.78 is 191. The van der Waals surface area contributed by atoms with Crippen LogP contribution in [-0.4, -0.2) is 18.3 Å². The maximum atomic E-state index is 15.2. The van der Waals surface area contributed by atoms with E-state index < -0.39 is 47.0 Å². The summed E-state index contributed by atoms with van der Waals surface area (Å²) in [5.41, 5.74) is 20.4. The van der Waals surface area contributed by atoms with E-state index in [-0.39, 0.29) is 34.4 Å². The summed E-state index contributed by atoms with van der Waals surface area (Å²) in [5, 5.41) is 28.3. The molecule has 0 unspecified atom stereocenters. The first-order chi connectivity index (χ1) is 67.0. The number of aryl methyl sites for hydroxylation is 8. The Kier molecular flexibility index (Phi) is 20.9. The largest absolute Gasteiger partial charge is 0.416 e. The van der Waals surface area contributed by atoms with E-state index in [2.05, 4.69) is 157 Å². The van der Waals surface area contributed by atoms with E-state index in [9.17, 15) is 10.5 Å². The van der Waals surface area contributed by atoms with Crippen molar-refractivity contribution in [1.29, 1.82) is 10.5 Å². The third-order valence-electron chi connectivity index (χ3n) is 27.3. The van der Waals surface area contributed by atoms with Crippen LogP contribution in [0, 0.1) is 78.1 Å². The Labute approximate surface area is 796 Å². The van der Waals surface area contributed by atoms with Crippen LogP contribution in [-0.2, 0) is 24.7 Å². The van der Waals surface area contributed by atoms with Crippen molar-refractivity contribution in [2.45, 2.75) is 80.1 Å². The van der Waals surface area contributed by atoms with Gasteiger partial charge in [-0.3, -0.25) is 0 Å². The number of para-hydroxylation sites is 2. The Morgan fingerprint density at radius 2 is 0.421 bits per heavy atom. The van der Waals surface area contributed by atoms with Gasteiger partial charge in [-0.1, -0.05) is 215 Å². The molecular formula is C122H80F12N6. The second-order valence-electron chi connectivity index (χ2n) is 36.9. The molecule has 0 amide bonds. The van der Waals surface area contributed by atoms with Crippen LogP contribution in [0.15, 0.2) is 340 Å². The molecule has 0 atom stereocenters. The number of nitrogens with zero attached hydrogens (tertiary/aromatic N) is 6. The minimum Gasteiger partial charge on any atom is -0.309 e. The SMILES string of the molecule is Cc1cc(C)cc(-c2ccc3c(c2)c2ccccc2n3-c2cc(C#N)ccc2-c2ccc(-c3cc(C(F)(F)F)cc(C(F)(F)F)c3)cc2-n2c3ccc(-c4cc(C)cc(C)c4)cc3c3cc(-c4ccc5c(c4)c4cc(-c6ccc(C)cc6C)ccc4n5-c4cc(-c5cc(C(F)(F)F)cc(C(F)(F)F)c5)ccc4-c4ccc(C#N)cc4-n4c5ccccc5c5cc(-c6ccc(C)cc6C)ccc54)ccc32)c1. The molecule has 0 aliphatic heterocycles. The molecule has 4 aromatic heterocycles. The second-order valence-corrected chi connectivity index (χ2v) is 36.9. The first-order valence-corrected chi connectivity index (χ1v) is 45.6. The van der Waals surface area contributed by atoms with E-state index in [0.29, 0.717) is 111 Å². The zero-order chi connectivity index (χ0) is 97.3. The summed E-state index contributed by atoms with van der Waals surface area (Å²) in [7, 11) is 0. The lowest BCUT2D eigenvalue weighted by Gasteiger charge is -2.21. The van der Waals surface area contributed by atoms with Gasteiger partial charge in [-0.15, -0.1) is 0 Å². The lowest BCUT2D eigenvalue weighted by molar-refractivity contribution is -0.144. The molecule has 18 heteroatoms. The van der Waals surface area contributed by atoms with Crippen molar-refractivity contribution in [3.63, 3.8) is 0 Å². The zero-order valence-corrected chi connectivity index (χ0v) is 76.6. The Morgan fingerprint density at radius 3 is 0.721 bits per heavy atom. The number of benzene rings is 18. The van der Waals surface area contributed by atoms with Crippen molar-refractivity contribution >= 4 is 87.2 Å². The molecule has 0 aliphatic rings. The van der Waals surface area contributed by atoms with Gasteiger partial charge < -0.3 is 18.3 Å². The second kappa shape index (κ2) is 33.1. The molecule has 6 nitrogen and oxygen atoms in total. The van der Waals surface area contributed by atoms with E-state index in [0.717, 1.165) is 157 Å². The fraction of sp³-hybridized carbons (Fsp3) is 0.0984. The van der Waals surface area contributed by atoms with Gasteiger partial charge in [-0.2, -0.15) is 63.2 Å². The summed E-state index contributed by atoms with van der Waals surface area (Å²) in [5.74, 6) is 0. The van der Waals surface area contributed by atoms with E-state index in [1.807, 2.05) is 171 Å². The summed E-state index contributed by atoms with van der Waals surface area (Å²) in [6.07, 6.45) is -20.8. The number of fused-ring (bicyclic) bond motifs is 12. The summed E-state index contributed by atoms with van der Waals surface area (Å²) >= 11 is 0. The number of hydrogen-bond donors (Lipinski definition) is 0. The van der Waals surface area contributed by atoms with E-state index in [1.165, 1.54) is 12.1 Å². The van der Waals surface area contributed by atoms with E-state index in [1.54, 1.807) is 48.5 Å². The third kappa shape index (κ3) is 15.4. The highest BCUT2D eigenvalue weighted by molar-refractivity contribution is 6.17. The van der Waals surface area contributed by atoms with Crippen LogP contribution in [0.4, 0.5) is 52.7 Å². The first kappa shape index (κ1) is 88.6. The van der Waals surface area contributed by atoms with Crippen molar-refractivity contribution in [2.24, 2.45) is 0 Å². The molecular weight excluding hydrogens is 1780 g/mol. The molecule has 18 aromatic carbocycles. The van der Waals surface area contributed by atoms with Crippen LogP contribution in [0.2, 0.25) is 0 Å². The average Bonchev–Trinajstić information content (AvgIpc) is 1.56. The maximum Gasteiger partial charge on any atom is 0.416 e. The summed E-state index contributed by atoms with van der Waals surface area (Å²) in [6.45, 7) is 16.3. The molecule has 0 saturated carbocycles. The fourth-order valence-corrected chi connectivity index (χ4v) is 21.2. The molecule has 140 heavy (non-hydrogen) atoms. The van der Waals surface area contributed by atoms with Gasteiger partial charge in [0.25, 0.3) is 0 Å². The molecule has 0 N–H and O–H groups in total. The van der Waals surface area contributed by atoms with Crippen molar-refractivity contribution < 1.29 is 52.7 Å². The van der Waals surface area contributed by atoms with Crippen LogP contribution in [0.25, 0.3) is 210 Å². The van der Waals surface area contributed by atoms with Gasteiger partial charge in [-0.25, -0.2) is 0 Å². The molecule has 0 fully saturated rings. The number of aromatic nitrogens is 4. The van der Waals surface area contributed by atoms with Crippen LogP contribution < -0.4 is 0 Å². The molecule has 0 radical (unpaired) electrons. The maximum absolute atomic E-state index is 15.2. The van der Waals surface area contributed by atoms with E-state index in [4.69, 9.17) is 0 Å². The molecule has 22 aromatic rings. The number of nitriles is 2. The van der Waals surface area contributed by atoms with Gasteiger partial charge >= 0.3 is 24.7 Å². The number of alkyl halides is 12. The summed E-state index contributed by atoms with van der Waals surface area (Å²) in [4.78, 5) is 0. The predicted octanol–water partition coefficient (Wildman–Crippen LogP) is 35.4. The fourth-order valence-electron chi connectivity index (χ4n) is 21.2. The smallest absolute Gasteiger partial charge is 0.309 e. The minimum absolute atomic E-state index is 0.0199. The van der Waals surface area contributed by atoms with Gasteiger partial charge in [0.2, 0.25) is 0 Å². The Hall–Kier alpha value is -16.7. The molecule has 0 spiro atoms. The van der Waals surface area contributed by atoms with E-state index >= 15 is 52.7 Å². The van der Waals surface area contributed by atoms with Crippen LogP contribution in [0.1, 0.15) is 77.9 Å². The van der Waals surface area contributed by atoms with Crippen molar-refractivity contribution in [3.05, 3.63) is 418 Å². The standard InChI is InChI=1S/C122H80F12N6/c1-67-17-29-93(73(7)43-67)83-27-39-110-102(59-83)96-14-10-12-16-108(96)138(110)116-50-76(66-136)20-32-98(116)100-34-22-82(88-53-91(121(129,130)131)64-92(54-88)122(132,133)134)62-118(100)140-112-36-24-78(56-104(112)106-60-84(28-40-114(106)140)94-30-18-68(2)44-74(94)8)77-23-35-111-103(55-77)105-58-80(86-47-71(5)42-72(6)48-86)26-38-113(105)139(111)117-61-81(87-51-89(119(123,124)125)63-90(52-87)120(126,127)128)21-33-99(117)97-31-19-75(65-135)49-115(97)137-107-15-11-9-13-95(107)101-57-79(25-37-109(101)137)85-45-69(3)41-70(4)46-85/h9-64H,1-8H3. The Morgan fingerprint density at radius 1 is 0.186 bits per heavy atom. The number of hydrogen-bond acceptors (Lipinski definition) is 2. The van der Waals surface area contributed by atoms with Gasteiger partial charge in [0.15, 0.2) is 0 Å². The highest BCUT2D eigenvalue weighted by Gasteiger charge is 2.40. The lowest BCUT2D eigenvalue weighted by atomic mass is 9.94.